The Morgan fingerprint density at radius 3 is 2.33 bits per heavy atom. The number of carbonyl (C=O) groups is 1. The first-order valence-electron chi connectivity index (χ1n) is 8.70. The highest BCUT2D eigenvalue weighted by atomic mass is 19.1. The monoisotopic (exact) mass is 380 g/mol. The van der Waals surface area contributed by atoms with Crippen LogP contribution in [0.3, 0.4) is 0 Å². The van der Waals surface area contributed by atoms with Crippen molar-refractivity contribution in [2.45, 2.75) is 25.7 Å². The molecule has 1 fully saturated rings. The second-order valence-electron chi connectivity index (χ2n) is 6.51. The molecule has 3 rings (SSSR count). The Morgan fingerprint density at radius 2 is 1.70 bits per heavy atom. The van der Waals surface area contributed by atoms with Crippen molar-refractivity contribution in [1.82, 2.24) is 0 Å². The summed E-state index contributed by atoms with van der Waals surface area (Å²) in [5.41, 5.74) is 0.636. The number of aliphatic carboxylic acids is 1. The topological polar surface area (TPSA) is 55.8 Å². The van der Waals surface area contributed by atoms with Gasteiger partial charge in [-0.3, -0.25) is 4.79 Å². The van der Waals surface area contributed by atoms with Gasteiger partial charge < -0.3 is 14.6 Å². The van der Waals surface area contributed by atoms with Crippen molar-refractivity contribution < 1.29 is 32.5 Å². The van der Waals surface area contributed by atoms with E-state index in [1.54, 1.807) is 0 Å². The van der Waals surface area contributed by atoms with Gasteiger partial charge in [-0.2, -0.15) is 0 Å². The first kappa shape index (κ1) is 19.1. The Morgan fingerprint density at radius 1 is 1.00 bits per heavy atom. The highest BCUT2D eigenvalue weighted by Crippen LogP contribution is 2.33. The second-order valence-corrected chi connectivity index (χ2v) is 6.51. The summed E-state index contributed by atoms with van der Waals surface area (Å²) in [5, 5.41) is 8.56. The molecule has 0 radical (unpaired) electrons. The minimum Gasteiger partial charge on any atom is -0.490 e. The average molecular weight is 380 g/mol. The van der Waals surface area contributed by atoms with Crippen LogP contribution in [0.2, 0.25) is 0 Å². The van der Waals surface area contributed by atoms with Gasteiger partial charge in [-0.15, -0.1) is 0 Å². The number of benzene rings is 2. The molecule has 0 amide bonds. The quantitative estimate of drug-likeness (QED) is 0.635. The van der Waals surface area contributed by atoms with Gasteiger partial charge in [0.15, 0.2) is 29.0 Å². The van der Waals surface area contributed by atoms with Gasteiger partial charge in [0.05, 0.1) is 13.2 Å². The molecule has 0 aromatic heterocycles. The molecule has 0 spiro atoms. The van der Waals surface area contributed by atoms with Crippen molar-refractivity contribution in [2.75, 3.05) is 13.2 Å². The zero-order chi connectivity index (χ0) is 19.4. The van der Waals surface area contributed by atoms with E-state index in [2.05, 4.69) is 0 Å². The maximum atomic E-state index is 14.2. The summed E-state index contributed by atoms with van der Waals surface area (Å²) in [5.74, 6) is -3.42. The van der Waals surface area contributed by atoms with E-state index in [0.717, 1.165) is 25.0 Å². The molecule has 1 aliphatic rings. The van der Waals surface area contributed by atoms with Gasteiger partial charge in [-0.1, -0.05) is 6.07 Å². The summed E-state index contributed by atoms with van der Waals surface area (Å²) in [4.78, 5) is 10.4. The first-order valence-corrected chi connectivity index (χ1v) is 8.70. The van der Waals surface area contributed by atoms with Crippen LogP contribution in [0.4, 0.5) is 13.2 Å². The number of carboxylic acid groups (broad SMARTS) is 1. The molecule has 27 heavy (non-hydrogen) atoms. The predicted molar refractivity (Wildman–Crippen MR) is 92.3 cm³/mol. The van der Waals surface area contributed by atoms with Crippen LogP contribution in [0.1, 0.15) is 25.7 Å². The van der Waals surface area contributed by atoms with Crippen LogP contribution in [0.15, 0.2) is 30.3 Å². The number of halogens is 3. The van der Waals surface area contributed by atoms with E-state index in [9.17, 15) is 18.0 Å². The maximum Gasteiger partial charge on any atom is 0.303 e. The molecule has 2 aromatic carbocycles. The van der Waals surface area contributed by atoms with E-state index in [4.69, 9.17) is 14.6 Å². The minimum absolute atomic E-state index is 0.0502. The van der Waals surface area contributed by atoms with E-state index in [0.29, 0.717) is 18.1 Å². The largest absolute Gasteiger partial charge is 0.490 e. The Labute approximate surface area is 154 Å². The normalized spacial score (nSPS) is 13.4. The van der Waals surface area contributed by atoms with E-state index in [1.165, 1.54) is 18.2 Å². The van der Waals surface area contributed by atoms with Crippen LogP contribution in [0, 0.1) is 23.4 Å². The van der Waals surface area contributed by atoms with Crippen molar-refractivity contribution >= 4 is 5.97 Å². The zero-order valence-corrected chi connectivity index (χ0v) is 14.5. The highest BCUT2D eigenvalue weighted by Gasteiger charge is 2.22. The molecule has 0 aliphatic heterocycles. The molecule has 0 atom stereocenters. The van der Waals surface area contributed by atoms with Gasteiger partial charge in [-0.05, 0) is 60.6 Å². The van der Waals surface area contributed by atoms with Crippen LogP contribution in [-0.2, 0) is 4.79 Å². The van der Waals surface area contributed by atoms with Crippen LogP contribution >= 0.6 is 0 Å². The van der Waals surface area contributed by atoms with Gasteiger partial charge in [0.2, 0.25) is 0 Å². The molecule has 7 heteroatoms. The molecule has 0 heterocycles. The standard InChI is InChI=1S/C20H19F3O4/c21-15-6-5-13(10-18(15)27-11-12-3-4-12)14-8-16(22)20(17(23)9-14)26-7-1-2-19(24)25/h5-6,8-10,12H,1-4,7,11H2,(H,24,25). The molecule has 1 aliphatic carbocycles. The summed E-state index contributed by atoms with van der Waals surface area (Å²) >= 11 is 0. The smallest absolute Gasteiger partial charge is 0.303 e. The predicted octanol–water partition coefficient (Wildman–Crippen LogP) is 4.80. The van der Waals surface area contributed by atoms with Crippen molar-refractivity contribution in [1.29, 1.82) is 0 Å². The Bertz CT molecular complexity index is 811. The maximum absolute atomic E-state index is 14.2. The molecule has 0 unspecified atom stereocenters. The molecule has 1 saturated carbocycles. The lowest BCUT2D eigenvalue weighted by Gasteiger charge is -2.12. The molecular formula is C20H19F3O4. The minimum atomic E-state index is -1.01. The SMILES string of the molecule is O=C(O)CCCOc1c(F)cc(-c2ccc(F)c(OCC3CC3)c2)cc1F. The van der Waals surface area contributed by atoms with Crippen LogP contribution in [-0.4, -0.2) is 24.3 Å². The van der Waals surface area contributed by atoms with Crippen molar-refractivity contribution in [3.8, 4) is 22.6 Å². The van der Waals surface area contributed by atoms with Crippen LogP contribution in [0.5, 0.6) is 11.5 Å². The number of hydrogen-bond donors (Lipinski definition) is 1. The fourth-order valence-electron chi connectivity index (χ4n) is 2.55. The number of carboxylic acids is 1. The number of hydrogen-bond acceptors (Lipinski definition) is 3. The molecule has 144 valence electrons. The van der Waals surface area contributed by atoms with Gasteiger partial charge in [0, 0.05) is 6.42 Å². The van der Waals surface area contributed by atoms with Gasteiger partial charge in [-0.25, -0.2) is 13.2 Å². The van der Waals surface area contributed by atoms with Gasteiger partial charge >= 0.3 is 5.97 Å². The zero-order valence-electron chi connectivity index (χ0n) is 14.5. The summed E-state index contributed by atoms with van der Waals surface area (Å²) in [7, 11) is 0. The summed E-state index contributed by atoms with van der Waals surface area (Å²) in [6, 6.07) is 6.21. The number of ether oxygens (including phenoxy) is 2. The Hall–Kier alpha value is -2.70. The van der Waals surface area contributed by atoms with Gasteiger partial charge in [0.1, 0.15) is 0 Å². The van der Waals surface area contributed by atoms with E-state index in [-0.39, 0.29) is 30.8 Å². The van der Waals surface area contributed by atoms with Crippen molar-refractivity contribution in [3.63, 3.8) is 0 Å². The summed E-state index contributed by atoms with van der Waals surface area (Å²) in [6.07, 6.45) is 2.10. The molecule has 0 bridgehead atoms. The molecule has 0 saturated heterocycles. The fourth-order valence-corrected chi connectivity index (χ4v) is 2.55. The third-order valence-corrected chi connectivity index (χ3v) is 4.22. The lowest BCUT2D eigenvalue weighted by molar-refractivity contribution is -0.137. The van der Waals surface area contributed by atoms with E-state index < -0.39 is 29.2 Å². The molecular weight excluding hydrogens is 361 g/mol. The van der Waals surface area contributed by atoms with E-state index in [1.807, 2.05) is 0 Å². The summed E-state index contributed by atoms with van der Waals surface area (Å²) < 4.78 is 52.8. The van der Waals surface area contributed by atoms with Crippen LogP contribution < -0.4 is 9.47 Å². The van der Waals surface area contributed by atoms with E-state index >= 15 is 0 Å². The molecule has 4 nitrogen and oxygen atoms in total. The lowest BCUT2D eigenvalue weighted by Crippen LogP contribution is -2.05. The van der Waals surface area contributed by atoms with Gasteiger partial charge in [0.25, 0.3) is 0 Å². The average Bonchev–Trinajstić information content (AvgIpc) is 3.43. The lowest BCUT2D eigenvalue weighted by atomic mass is 10.0. The Balaban J connectivity index is 1.74. The van der Waals surface area contributed by atoms with Crippen molar-refractivity contribution in [2.24, 2.45) is 5.92 Å². The number of rotatable bonds is 9. The van der Waals surface area contributed by atoms with Crippen molar-refractivity contribution in [3.05, 3.63) is 47.8 Å². The molecule has 1 N–H and O–H groups in total. The third-order valence-electron chi connectivity index (χ3n) is 4.22. The summed E-state index contributed by atoms with van der Waals surface area (Å²) in [6.45, 7) is 0.307. The first-order chi connectivity index (χ1) is 12.9. The molecule has 2 aromatic rings. The third kappa shape index (κ3) is 5.15. The fraction of sp³-hybridized carbons (Fsp3) is 0.350. The Kier molecular flexibility index (Phi) is 5.88. The van der Waals surface area contributed by atoms with Crippen LogP contribution in [0.25, 0.3) is 11.1 Å². The second kappa shape index (κ2) is 8.33. The highest BCUT2D eigenvalue weighted by molar-refractivity contribution is 5.67.